The summed E-state index contributed by atoms with van der Waals surface area (Å²) in [6, 6.07) is 13.5. The Morgan fingerprint density at radius 3 is 2.59 bits per heavy atom. The molecule has 2 aromatic carbocycles. The van der Waals surface area contributed by atoms with Gasteiger partial charge in [0.15, 0.2) is 0 Å². The fourth-order valence-corrected chi connectivity index (χ4v) is 7.39. The van der Waals surface area contributed by atoms with Crippen LogP contribution in [0, 0.1) is 5.92 Å². The van der Waals surface area contributed by atoms with Gasteiger partial charge in [0.25, 0.3) is 0 Å². The molecule has 5 rings (SSSR count). The molecule has 1 fully saturated rings. The maximum atomic E-state index is 13.5. The number of piperidine rings is 1. The second-order valence-electron chi connectivity index (χ2n) is 10.4. The molecule has 0 aromatic heterocycles. The largest absolute Gasteiger partial charge is 0.355 e. The summed E-state index contributed by atoms with van der Waals surface area (Å²) in [4.78, 5) is 29.2. The van der Waals surface area contributed by atoms with Gasteiger partial charge in [-0.2, -0.15) is 4.31 Å². The summed E-state index contributed by atoms with van der Waals surface area (Å²) in [6.07, 6.45) is 3.92. The predicted octanol–water partition coefficient (Wildman–Crippen LogP) is 2.56. The number of carbonyl (C=O) groups excluding carboxylic acids is 2. The van der Waals surface area contributed by atoms with E-state index in [1.807, 2.05) is 0 Å². The first-order chi connectivity index (χ1) is 17.8. The van der Waals surface area contributed by atoms with Crippen LogP contribution in [0.15, 0.2) is 47.4 Å². The Balaban J connectivity index is 1.18. The average Bonchev–Trinajstić information content (AvgIpc) is 2.92. The highest BCUT2D eigenvalue weighted by atomic mass is 32.2. The molecule has 3 heterocycles. The monoisotopic (exact) mass is 524 g/mol. The standard InChI is InChI=1S/C28H36N4O4S/c1-21(33)32-15-5-8-23-18-26(10-11-27(23)32)37(35,36)31-14-4-9-25(20-31)28(34)29-13-17-30-16-12-22-6-2-3-7-24(22)19-30/h2-3,6-7,10-11,18,25H,4-5,8-9,12-17,19-20H2,1H3,(H,29,34)/t25-/m1/s1. The smallest absolute Gasteiger partial charge is 0.243 e. The summed E-state index contributed by atoms with van der Waals surface area (Å²) in [5.41, 5.74) is 4.44. The van der Waals surface area contributed by atoms with E-state index in [9.17, 15) is 18.0 Å². The van der Waals surface area contributed by atoms with E-state index in [1.165, 1.54) is 22.4 Å². The number of carbonyl (C=O) groups is 2. The maximum Gasteiger partial charge on any atom is 0.243 e. The number of aryl methyl sites for hydroxylation is 1. The third-order valence-electron chi connectivity index (χ3n) is 7.88. The van der Waals surface area contributed by atoms with Crippen molar-refractivity contribution in [2.45, 2.75) is 50.5 Å². The normalized spacial score (nSPS) is 20.7. The van der Waals surface area contributed by atoms with Crippen LogP contribution >= 0.6 is 0 Å². The molecule has 2 aromatic rings. The summed E-state index contributed by atoms with van der Waals surface area (Å²) in [7, 11) is -3.72. The fourth-order valence-electron chi connectivity index (χ4n) is 5.81. The van der Waals surface area contributed by atoms with Crippen molar-refractivity contribution in [1.82, 2.24) is 14.5 Å². The van der Waals surface area contributed by atoms with E-state index >= 15 is 0 Å². The molecule has 1 N–H and O–H groups in total. The van der Waals surface area contributed by atoms with Crippen LogP contribution in [0.25, 0.3) is 0 Å². The van der Waals surface area contributed by atoms with Crippen LogP contribution in [0.3, 0.4) is 0 Å². The van der Waals surface area contributed by atoms with Gasteiger partial charge in [-0.15, -0.1) is 0 Å². The number of nitrogens with zero attached hydrogens (tertiary/aromatic N) is 3. The van der Waals surface area contributed by atoms with E-state index in [2.05, 4.69) is 34.5 Å². The minimum atomic E-state index is -3.72. The number of hydrogen-bond acceptors (Lipinski definition) is 5. The van der Waals surface area contributed by atoms with Gasteiger partial charge >= 0.3 is 0 Å². The highest BCUT2D eigenvalue weighted by Gasteiger charge is 2.34. The Kier molecular flexibility index (Phi) is 7.65. The van der Waals surface area contributed by atoms with E-state index in [-0.39, 0.29) is 29.2 Å². The molecule has 0 radical (unpaired) electrons. The van der Waals surface area contributed by atoms with Crippen LogP contribution in [0.2, 0.25) is 0 Å². The third-order valence-corrected chi connectivity index (χ3v) is 9.74. The third kappa shape index (κ3) is 5.58. The Bertz CT molecular complexity index is 1280. The number of benzene rings is 2. The molecular weight excluding hydrogens is 488 g/mol. The van der Waals surface area contributed by atoms with Crippen molar-refractivity contribution in [2.75, 3.05) is 44.2 Å². The predicted molar refractivity (Wildman–Crippen MR) is 143 cm³/mol. The van der Waals surface area contributed by atoms with Crippen LogP contribution in [0.4, 0.5) is 5.69 Å². The zero-order chi connectivity index (χ0) is 26.0. The van der Waals surface area contributed by atoms with Crippen LogP contribution in [0.1, 0.15) is 42.9 Å². The first-order valence-electron chi connectivity index (χ1n) is 13.3. The SMILES string of the molecule is CC(=O)N1CCCc2cc(S(=O)(=O)N3CCC[C@@H](C(=O)NCCN4CCc5ccccc5C4)C3)ccc21. The van der Waals surface area contributed by atoms with Gasteiger partial charge in [0.2, 0.25) is 21.8 Å². The van der Waals surface area contributed by atoms with Gasteiger partial charge in [0.1, 0.15) is 0 Å². The summed E-state index contributed by atoms with van der Waals surface area (Å²) < 4.78 is 28.4. The lowest BCUT2D eigenvalue weighted by molar-refractivity contribution is -0.126. The Morgan fingerprint density at radius 2 is 1.78 bits per heavy atom. The number of nitrogens with one attached hydrogen (secondary N) is 1. The van der Waals surface area contributed by atoms with E-state index in [0.29, 0.717) is 32.5 Å². The molecule has 0 unspecified atom stereocenters. The molecule has 3 aliphatic rings. The summed E-state index contributed by atoms with van der Waals surface area (Å²) >= 11 is 0. The van der Waals surface area contributed by atoms with E-state index in [0.717, 1.165) is 50.1 Å². The first kappa shape index (κ1) is 25.9. The minimum Gasteiger partial charge on any atom is -0.355 e. The zero-order valence-electron chi connectivity index (χ0n) is 21.5. The van der Waals surface area contributed by atoms with Crippen molar-refractivity contribution in [2.24, 2.45) is 5.92 Å². The van der Waals surface area contributed by atoms with Gasteiger partial charge in [-0.05, 0) is 67.0 Å². The van der Waals surface area contributed by atoms with Gasteiger partial charge in [0.05, 0.1) is 10.8 Å². The van der Waals surface area contributed by atoms with Gasteiger partial charge in [-0.3, -0.25) is 14.5 Å². The molecule has 198 valence electrons. The van der Waals surface area contributed by atoms with Gasteiger partial charge in [-0.25, -0.2) is 8.42 Å². The molecule has 37 heavy (non-hydrogen) atoms. The number of fused-ring (bicyclic) bond motifs is 2. The maximum absolute atomic E-state index is 13.5. The van der Waals surface area contributed by atoms with Crippen molar-refractivity contribution >= 4 is 27.5 Å². The van der Waals surface area contributed by atoms with Gasteiger partial charge in [0, 0.05) is 58.4 Å². The Labute approximate surface area is 219 Å². The van der Waals surface area contributed by atoms with Crippen molar-refractivity contribution < 1.29 is 18.0 Å². The molecule has 9 heteroatoms. The number of anilines is 1. The average molecular weight is 525 g/mol. The van der Waals surface area contributed by atoms with Gasteiger partial charge < -0.3 is 10.2 Å². The number of sulfonamides is 1. The molecule has 0 saturated carbocycles. The van der Waals surface area contributed by atoms with E-state index in [1.54, 1.807) is 23.1 Å². The minimum absolute atomic E-state index is 0.0356. The van der Waals surface area contributed by atoms with E-state index in [4.69, 9.17) is 0 Å². The second kappa shape index (κ2) is 10.9. The lowest BCUT2D eigenvalue weighted by Crippen LogP contribution is -2.46. The van der Waals surface area contributed by atoms with Crippen LogP contribution in [0.5, 0.6) is 0 Å². The Hall–Kier alpha value is -2.75. The highest BCUT2D eigenvalue weighted by Crippen LogP contribution is 2.31. The van der Waals surface area contributed by atoms with Crippen LogP contribution < -0.4 is 10.2 Å². The summed E-state index contributed by atoms with van der Waals surface area (Å²) in [5, 5.41) is 3.05. The van der Waals surface area contributed by atoms with Crippen molar-refractivity contribution in [3.05, 3.63) is 59.2 Å². The molecule has 0 bridgehead atoms. The molecule has 0 aliphatic carbocycles. The molecule has 3 aliphatic heterocycles. The quantitative estimate of drug-likeness (QED) is 0.627. The van der Waals surface area contributed by atoms with Crippen molar-refractivity contribution in [3.63, 3.8) is 0 Å². The van der Waals surface area contributed by atoms with Crippen LogP contribution in [-0.4, -0.2) is 68.7 Å². The lowest BCUT2D eigenvalue weighted by Gasteiger charge is -2.33. The van der Waals surface area contributed by atoms with E-state index < -0.39 is 10.0 Å². The molecular formula is C28H36N4O4S. The summed E-state index contributed by atoms with van der Waals surface area (Å²) in [6.45, 7) is 6.01. The van der Waals surface area contributed by atoms with Gasteiger partial charge in [-0.1, -0.05) is 24.3 Å². The van der Waals surface area contributed by atoms with Crippen molar-refractivity contribution in [3.8, 4) is 0 Å². The number of hydrogen-bond donors (Lipinski definition) is 1. The lowest BCUT2D eigenvalue weighted by atomic mass is 9.98. The molecule has 1 saturated heterocycles. The first-order valence-corrected chi connectivity index (χ1v) is 14.7. The summed E-state index contributed by atoms with van der Waals surface area (Å²) in [5.74, 6) is -0.456. The van der Waals surface area contributed by atoms with Crippen molar-refractivity contribution in [1.29, 1.82) is 0 Å². The molecule has 1 atom stereocenters. The topological polar surface area (TPSA) is 90.0 Å². The highest BCUT2D eigenvalue weighted by molar-refractivity contribution is 7.89. The molecule has 2 amide bonds. The Morgan fingerprint density at radius 1 is 0.973 bits per heavy atom. The number of rotatable bonds is 6. The zero-order valence-corrected chi connectivity index (χ0v) is 22.3. The molecule has 0 spiro atoms. The number of amides is 2. The fraction of sp³-hybridized carbons (Fsp3) is 0.500. The second-order valence-corrected chi connectivity index (χ2v) is 12.3. The molecule has 8 nitrogen and oxygen atoms in total. The van der Waals surface area contributed by atoms with Crippen LogP contribution in [-0.2, 0) is 39.0 Å².